The second-order valence-corrected chi connectivity index (χ2v) is 3.48. The van der Waals surface area contributed by atoms with Crippen molar-refractivity contribution in [2.75, 3.05) is 27.7 Å². The van der Waals surface area contributed by atoms with Crippen LogP contribution in [0.15, 0.2) is 0 Å². The first-order valence-corrected chi connectivity index (χ1v) is 5.41. The van der Waals surface area contributed by atoms with Gasteiger partial charge in [0.15, 0.2) is 0 Å². The van der Waals surface area contributed by atoms with Crippen LogP contribution in [-0.4, -0.2) is 51.5 Å². The zero-order valence-electron chi connectivity index (χ0n) is 10.4. The molecule has 0 heterocycles. The van der Waals surface area contributed by atoms with E-state index in [4.69, 9.17) is 0 Å². The molecule has 0 aromatic carbocycles. The Balaban J connectivity index is 4.28. The summed E-state index contributed by atoms with van der Waals surface area (Å²) < 4.78 is 0. The van der Waals surface area contributed by atoms with Crippen molar-refractivity contribution in [2.45, 2.75) is 18.9 Å². The van der Waals surface area contributed by atoms with E-state index in [2.05, 4.69) is 21.3 Å². The molecule has 0 bridgehead atoms. The maximum absolute atomic E-state index is 11.5. The van der Waals surface area contributed by atoms with Crippen molar-refractivity contribution in [3.05, 3.63) is 0 Å². The summed E-state index contributed by atoms with van der Waals surface area (Å²) in [5, 5.41) is 10.1. The van der Waals surface area contributed by atoms with E-state index in [1.165, 1.54) is 14.1 Å². The van der Waals surface area contributed by atoms with Gasteiger partial charge in [-0.3, -0.25) is 14.4 Å². The molecule has 4 N–H and O–H groups in total. The molecule has 3 amide bonds. The average Bonchev–Trinajstić information content (AvgIpc) is 2.33. The van der Waals surface area contributed by atoms with Gasteiger partial charge < -0.3 is 21.3 Å². The van der Waals surface area contributed by atoms with E-state index < -0.39 is 6.04 Å². The maximum Gasteiger partial charge on any atom is 0.242 e. The molecule has 0 aromatic heterocycles. The highest BCUT2D eigenvalue weighted by molar-refractivity contribution is 5.88. The number of carbonyl (C=O) groups excluding carboxylic acids is 3. The van der Waals surface area contributed by atoms with Crippen LogP contribution in [-0.2, 0) is 14.4 Å². The number of hydrogen-bond donors (Lipinski definition) is 4. The first-order chi connectivity index (χ1) is 8.04. The fraction of sp³-hybridized carbons (Fsp3) is 0.700. The molecule has 0 aliphatic rings. The molecule has 0 fully saturated rings. The normalized spacial score (nSPS) is 11.5. The third-order valence-corrected chi connectivity index (χ3v) is 2.17. The van der Waals surface area contributed by atoms with Crippen LogP contribution in [0.5, 0.6) is 0 Å². The number of likely N-dealkylation sites (N-methyl/N-ethyl adjacent to an activating group) is 2. The third-order valence-electron chi connectivity index (χ3n) is 2.17. The van der Waals surface area contributed by atoms with E-state index in [0.29, 0.717) is 0 Å². The summed E-state index contributed by atoms with van der Waals surface area (Å²) in [5.74, 6) is -0.752. The fourth-order valence-corrected chi connectivity index (χ4v) is 1.25. The van der Waals surface area contributed by atoms with Gasteiger partial charge in [-0.05, 0) is 13.5 Å². The third kappa shape index (κ3) is 6.52. The summed E-state index contributed by atoms with van der Waals surface area (Å²) in [6, 6.07) is -0.682. The summed E-state index contributed by atoms with van der Waals surface area (Å²) in [5.41, 5.74) is 0. The van der Waals surface area contributed by atoms with Crippen LogP contribution < -0.4 is 21.3 Å². The second kappa shape index (κ2) is 8.51. The second-order valence-electron chi connectivity index (χ2n) is 3.48. The predicted octanol–water partition coefficient (Wildman–Crippen LogP) is -2.04. The van der Waals surface area contributed by atoms with Crippen molar-refractivity contribution in [2.24, 2.45) is 0 Å². The van der Waals surface area contributed by atoms with Crippen LogP contribution in [0.1, 0.15) is 12.8 Å². The number of rotatable bonds is 7. The number of hydrogen-bond acceptors (Lipinski definition) is 4. The zero-order chi connectivity index (χ0) is 13.3. The molecule has 0 radical (unpaired) electrons. The van der Waals surface area contributed by atoms with E-state index in [9.17, 15) is 14.4 Å². The monoisotopic (exact) mass is 244 g/mol. The molecule has 0 saturated carbocycles. The van der Waals surface area contributed by atoms with Crippen molar-refractivity contribution in [3.8, 4) is 0 Å². The lowest BCUT2D eigenvalue weighted by Crippen LogP contribution is -2.48. The molecule has 0 aromatic rings. The summed E-state index contributed by atoms with van der Waals surface area (Å²) in [7, 11) is 4.65. The van der Waals surface area contributed by atoms with Crippen LogP contribution >= 0.6 is 0 Å². The molecule has 98 valence electrons. The average molecular weight is 244 g/mol. The minimum absolute atomic E-state index is 0.132. The molecule has 0 spiro atoms. The predicted molar refractivity (Wildman–Crippen MR) is 63.2 cm³/mol. The first kappa shape index (κ1) is 15.4. The molecular formula is C10H20N4O3. The first-order valence-electron chi connectivity index (χ1n) is 5.41. The van der Waals surface area contributed by atoms with Crippen molar-refractivity contribution < 1.29 is 14.4 Å². The minimum Gasteiger partial charge on any atom is -0.359 e. The van der Waals surface area contributed by atoms with Crippen molar-refractivity contribution in [1.82, 2.24) is 21.3 Å². The molecule has 0 aliphatic heterocycles. The maximum atomic E-state index is 11.5. The largest absolute Gasteiger partial charge is 0.359 e. The van der Waals surface area contributed by atoms with E-state index in [1.807, 2.05) is 0 Å². The van der Waals surface area contributed by atoms with Crippen molar-refractivity contribution in [3.63, 3.8) is 0 Å². The number of amides is 3. The molecule has 0 rings (SSSR count). The Morgan fingerprint density at radius 2 is 1.65 bits per heavy atom. The van der Waals surface area contributed by atoms with Crippen molar-refractivity contribution in [1.29, 1.82) is 0 Å². The van der Waals surface area contributed by atoms with Gasteiger partial charge in [0.2, 0.25) is 17.7 Å². The van der Waals surface area contributed by atoms with Gasteiger partial charge in [-0.2, -0.15) is 0 Å². The van der Waals surface area contributed by atoms with E-state index >= 15 is 0 Å². The molecule has 17 heavy (non-hydrogen) atoms. The van der Waals surface area contributed by atoms with Crippen LogP contribution in [0.25, 0.3) is 0 Å². The Morgan fingerprint density at radius 1 is 1.00 bits per heavy atom. The Bertz CT molecular complexity index is 281. The van der Waals surface area contributed by atoms with Gasteiger partial charge in [0.05, 0.1) is 6.54 Å². The minimum atomic E-state index is -0.682. The molecule has 1 atom stereocenters. The smallest absolute Gasteiger partial charge is 0.242 e. The molecule has 0 aliphatic carbocycles. The highest BCUT2D eigenvalue weighted by Crippen LogP contribution is 1.97. The van der Waals surface area contributed by atoms with Crippen LogP contribution in [0.3, 0.4) is 0 Å². The van der Waals surface area contributed by atoms with Crippen LogP contribution in [0.4, 0.5) is 0 Å². The van der Waals surface area contributed by atoms with Gasteiger partial charge in [0.25, 0.3) is 0 Å². The number of carbonyl (C=O) groups is 3. The van der Waals surface area contributed by atoms with Gasteiger partial charge in [0.1, 0.15) is 6.04 Å². The molecular weight excluding hydrogens is 224 g/mol. The van der Waals surface area contributed by atoms with Crippen molar-refractivity contribution >= 4 is 17.7 Å². The van der Waals surface area contributed by atoms with E-state index in [-0.39, 0.29) is 37.1 Å². The SMILES string of the molecule is CNCC(=O)NC(CCC(=O)NC)C(=O)NC. The summed E-state index contributed by atoms with van der Waals surface area (Å²) in [6.45, 7) is 0.132. The standard InChI is InChI=1S/C10H20N4O3/c1-11-6-9(16)14-7(10(17)13-3)4-5-8(15)12-2/h7,11H,4-6H2,1-3H3,(H,12,15)(H,13,17)(H,14,16). The topological polar surface area (TPSA) is 99.3 Å². The summed E-state index contributed by atoms with van der Waals surface area (Å²) in [4.78, 5) is 33.9. The Labute approximate surface area is 101 Å². The Morgan fingerprint density at radius 3 is 2.12 bits per heavy atom. The molecule has 1 unspecified atom stereocenters. The lowest BCUT2D eigenvalue weighted by molar-refractivity contribution is -0.129. The number of nitrogens with one attached hydrogen (secondary N) is 4. The van der Waals surface area contributed by atoms with Gasteiger partial charge in [0, 0.05) is 20.5 Å². The summed E-state index contributed by atoms with van der Waals surface area (Å²) >= 11 is 0. The summed E-state index contributed by atoms with van der Waals surface area (Å²) in [6.07, 6.45) is 0.462. The molecule has 0 saturated heterocycles. The Kier molecular flexibility index (Phi) is 7.70. The van der Waals surface area contributed by atoms with Gasteiger partial charge in [-0.15, -0.1) is 0 Å². The lowest BCUT2D eigenvalue weighted by atomic mass is 10.1. The van der Waals surface area contributed by atoms with Gasteiger partial charge >= 0.3 is 0 Å². The highest BCUT2D eigenvalue weighted by Gasteiger charge is 2.19. The quantitative estimate of drug-likeness (QED) is 0.415. The molecule has 7 nitrogen and oxygen atoms in total. The van der Waals surface area contributed by atoms with Gasteiger partial charge in [-0.1, -0.05) is 0 Å². The van der Waals surface area contributed by atoms with Crippen LogP contribution in [0, 0.1) is 0 Å². The highest BCUT2D eigenvalue weighted by atomic mass is 16.2. The fourth-order valence-electron chi connectivity index (χ4n) is 1.25. The van der Waals surface area contributed by atoms with Crippen LogP contribution in [0.2, 0.25) is 0 Å². The zero-order valence-corrected chi connectivity index (χ0v) is 10.4. The van der Waals surface area contributed by atoms with Gasteiger partial charge in [-0.25, -0.2) is 0 Å². The van der Waals surface area contributed by atoms with E-state index in [0.717, 1.165) is 0 Å². The van der Waals surface area contributed by atoms with E-state index in [1.54, 1.807) is 7.05 Å². The Hall–Kier alpha value is -1.63. The molecule has 7 heteroatoms. The lowest BCUT2D eigenvalue weighted by Gasteiger charge is -2.16.